The molecule has 2 amide bonds. The van der Waals surface area contributed by atoms with E-state index < -0.39 is 5.91 Å². The van der Waals surface area contributed by atoms with Gasteiger partial charge in [0.25, 0.3) is 5.91 Å². The van der Waals surface area contributed by atoms with Gasteiger partial charge in [-0.25, -0.2) is 0 Å². The van der Waals surface area contributed by atoms with Gasteiger partial charge >= 0.3 is 0 Å². The highest BCUT2D eigenvalue weighted by Crippen LogP contribution is 2.23. The number of phenols is 1. The van der Waals surface area contributed by atoms with Crippen molar-refractivity contribution in [2.45, 2.75) is 13.8 Å². The smallest absolute Gasteiger partial charge is 0.255 e. The number of phenolic OH excluding ortho intramolecular Hbond substituents is 1. The molecule has 2 N–H and O–H groups in total. The molecule has 0 spiro atoms. The van der Waals surface area contributed by atoms with Gasteiger partial charge in [-0.3, -0.25) is 9.59 Å². The summed E-state index contributed by atoms with van der Waals surface area (Å²) < 4.78 is 4.94. The van der Waals surface area contributed by atoms with Crippen molar-refractivity contribution in [3.05, 3.63) is 23.8 Å². The maximum atomic E-state index is 11.9. The van der Waals surface area contributed by atoms with Crippen LogP contribution in [0.4, 0.5) is 0 Å². The maximum absolute atomic E-state index is 11.9. The topological polar surface area (TPSA) is 78.9 Å². The van der Waals surface area contributed by atoms with Gasteiger partial charge in [0.15, 0.2) is 0 Å². The molecule has 0 aliphatic heterocycles. The fourth-order valence-corrected chi connectivity index (χ4v) is 1.77. The van der Waals surface area contributed by atoms with Crippen LogP contribution in [0.2, 0.25) is 0 Å². The number of nitrogens with zero attached hydrogens (tertiary/aromatic N) is 1. The van der Waals surface area contributed by atoms with Gasteiger partial charge in [0, 0.05) is 19.2 Å². The van der Waals surface area contributed by atoms with E-state index in [9.17, 15) is 14.7 Å². The standard InChI is InChI=1S/C14H20N2O4/c1-4-16(5-2)13(18)9-15-14(19)11-7-6-10(20-3)8-12(11)17/h6-8,17H,4-5,9H2,1-3H3,(H,15,19). The van der Waals surface area contributed by atoms with Crippen LogP contribution in [-0.2, 0) is 4.79 Å². The zero-order chi connectivity index (χ0) is 15.1. The first kappa shape index (κ1) is 15.8. The lowest BCUT2D eigenvalue weighted by atomic mass is 10.2. The van der Waals surface area contributed by atoms with Crippen LogP contribution >= 0.6 is 0 Å². The van der Waals surface area contributed by atoms with Crippen LogP contribution in [0.5, 0.6) is 11.5 Å². The summed E-state index contributed by atoms with van der Waals surface area (Å²) in [6.07, 6.45) is 0. The highest BCUT2D eigenvalue weighted by atomic mass is 16.5. The summed E-state index contributed by atoms with van der Waals surface area (Å²) in [5, 5.41) is 12.2. The average Bonchev–Trinajstić information content (AvgIpc) is 2.45. The Morgan fingerprint density at radius 2 is 1.95 bits per heavy atom. The number of benzene rings is 1. The molecule has 0 radical (unpaired) electrons. The number of ether oxygens (including phenoxy) is 1. The second-order valence-corrected chi connectivity index (χ2v) is 4.13. The summed E-state index contributed by atoms with van der Waals surface area (Å²) in [6.45, 7) is 4.85. The minimum Gasteiger partial charge on any atom is -0.507 e. The van der Waals surface area contributed by atoms with Gasteiger partial charge in [0.1, 0.15) is 11.5 Å². The molecule has 20 heavy (non-hydrogen) atoms. The maximum Gasteiger partial charge on any atom is 0.255 e. The van der Waals surface area contributed by atoms with E-state index in [-0.39, 0.29) is 23.8 Å². The number of carbonyl (C=O) groups is 2. The number of amides is 2. The fraction of sp³-hybridized carbons (Fsp3) is 0.429. The predicted octanol–water partition coefficient (Wildman–Crippen LogP) is 0.999. The van der Waals surface area contributed by atoms with Gasteiger partial charge in [-0.15, -0.1) is 0 Å². The van der Waals surface area contributed by atoms with E-state index in [0.717, 1.165) is 0 Å². The molecular weight excluding hydrogens is 260 g/mol. The van der Waals surface area contributed by atoms with Crippen molar-refractivity contribution in [3.63, 3.8) is 0 Å². The molecule has 0 aliphatic rings. The summed E-state index contributed by atoms with van der Waals surface area (Å²) in [6, 6.07) is 4.37. The summed E-state index contributed by atoms with van der Waals surface area (Å²) in [4.78, 5) is 25.3. The minimum atomic E-state index is -0.495. The number of hydrogen-bond acceptors (Lipinski definition) is 4. The first-order valence-corrected chi connectivity index (χ1v) is 6.46. The zero-order valence-electron chi connectivity index (χ0n) is 12.0. The molecule has 0 aliphatic carbocycles. The first-order chi connectivity index (χ1) is 9.53. The van der Waals surface area contributed by atoms with Crippen LogP contribution in [-0.4, -0.2) is 48.6 Å². The molecule has 6 heteroatoms. The number of carbonyl (C=O) groups excluding carboxylic acids is 2. The molecule has 1 aromatic carbocycles. The monoisotopic (exact) mass is 280 g/mol. The molecule has 110 valence electrons. The van der Waals surface area contributed by atoms with Gasteiger partial charge < -0.3 is 20.1 Å². The first-order valence-electron chi connectivity index (χ1n) is 6.46. The number of nitrogens with one attached hydrogen (secondary N) is 1. The SMILES string of the molecule is CCN(CC)C(=O)CNC(=O)c1ccc(OC)cc1O. The molecule has 0 atom stereocenters. The van der Waals surface area contributed by atoms with Gasteiger partial charge in [-0.05, 0) is 26.0 Å². The third-order valence-electron chi connectivity index (χ3n) is 2.97. The Labute approximate surface area is 118 Å². The molecule has 0 saturated carbocycles. The number of aromatic hydroxyl groups is 1. The molecule has 0 aromatic heterocycles. The highest BCUT2D eigenvalue weighted by molar-refractivity contribution is 5.98. The second kappa shape index (κ2) is 7.37. The van der Waals surface area contributed by atoms with E-state index in [1.165, 1.54) is 19.2 Å². The lowest BCUT2D eigenvalue weighted by Gasteiger charge is -2.18. The van der Waals surface area contributed by atoms with Crippen molar-refractivity contribution in [2.75, 3.05) is 26.7 Å². The third-order valence-corrected chi connectivity index (χ3v) is 2.97. The average molecular weight is 280 g/mol. The van der Waals surface area contributed by atoms with Crippen molar-refractivity contribution in [1.29, 1.82) is 0 Å². The summed E-state index contributed by atoms with van der Waals surface area (Å²) >= 11 is 0. The lowest BCUT2D eigenvalue weighted by Crippen LogP contribution is -2.40. The summed E-state index contributed by atoms with van der Waals surface area (Å²) in [5.41, 5.74) is 0.109. The normalized spacial score (nSPS) is 9.95. The Bertz CT molecular complexity index is 484. The van der Waals surface area contributed by atoms with E-state index in [1.54, 1.807) is 11.0 Å². The minimum absolute atomic E-state index is 0.0913. The molecule has 0 heterocycles. The number of hydrogen-bond donors (Lipinski definition) is 2. The van der Waals surface area contributed by atoms with Crippen molar-refractivity contribution < 1.29 is 19.4 Å². The highest BCUT2D eigenvalue weighted by Gasteiger charge is 2.15. The van der Waals surface area contributed by atoms with Crippen LogP contribution in [0, 0.1) is 0 Å². The van der Waals surface area contributed by atoms with Crippen LogP contribution in [0.15, 0.2) is 18.2 Å². The molecule has 1 aromatic rings. The second-order valence-electron chi connectivity index (χ2n) is 4.13. The van der Waals surface area contributed by atoms with E-state index in [4.69, 9.17) is 4.74 Å². The Hall–Kier alpha value is -2.24. The quantitative estimate of drug-likeness (QED) is 0.814. The van der Waals surface area contributed by atoms with Gasteiger partial charge in [0.05, 0.1) is 19.2 Å². The van der Waals surface area contributed by atoms with Crippen LogP contribution < -0.4 is 10.1 Å². The number of rotatable bonds is 6. The van der Waals surface area contributed by atoms with E-state index in [0.29, 0.717) is 18.8 Å². The number of likely N-dealkylation sites (N-methyl/N-ethyl adjacent to an activating group) is 1. The zero-order valence-corrected chi connectivity index (χ0v) is 12.0. The van der Waals surface area contributed by atoms with Crippen LogP contribution in [0.25, 0.3) is 0 Å². The van der Waals surface area contributed by atoms with Gasteiger partial charge in [-0.1, -0.05) is 0 Å². The van der Waals surface area contributed by atoms with Crippen molar-refractivity contribution >= 4 is 11.8 Å². The molecule has 0 saturated heterocycles. The lowest BCUT2D eigenvalue weighted by molar-refractivity contribution is -0.129. The fourth-order valence-electron chi connectivity index (χ4n) is 1.77. The molecule has 0 unspecified atom stereocenters. The van der Waals surface area contributed by atoms with E-state index in [2.05, 4.69) is 5.32 Å². The van der Waals surface area contributed by atoms with Crippen LogP contribution in [0.3, 0.4) is 0 Å². The Balaban J connectivity index is 2.66. The van der Waals surface area contributed by atoms with Gasteiger partial charge in [-0.2, -0.15) is 0 Å². The third kappa shape index (κ3) is 3.88. The largest absolute Gasteiger partial charge is 0.507 e. The number of methoxy groups -OCH3 is 1. The summed E-state index contributed by atoms with van der Waals surface area (Å²) in [5.74, 6) is -0.377. The Kier molecular flexibility index (Phi) is 5.83. The summed E-state index contributed by atoms with van der Waals surface area (Å²) in [7, 11) is 1.47. The predicted molar refractivity (Wildman–Crippen MR) is 74.9 cm³/mol. The van der Waals surface area contributed by atoms with Gasteiger partial charge in [0.2, 0.25) is 5.91 Å². The van der Waals surface area contributed by atoms with Crippen molar-refractivity contribution in [3.8, 4) is 11.5 Å². The molecule has 1 rings (SSSR count). The van der Waals surface area contributed by atoms with E-state index in [1.807, 2.05) is 13.8 Å². The molecular formula is C14H20N2O4. The van der Waals surface area contributed by atoms with Crippen LogP contribution in [0.1, 0.15) is 24.2 Å². The molecule has 0 fully saturated rings. The van der Waals surface area contributed by atoms with Crippen molar-refractivity contribution in [1.82, 2.24) is 10.2 Å². The molecule has 0 bridgehead atoms. The Morgan fingerprint density at radius 3 is 2.45 bits per heavy atom. The molecule has 6 nitrogen and oxygen atoms in total. The van der Waals surface area contributed by atoms with Crippen molar-refractivity contribution in [2.24, 2.45) is 0 Å². The Morgan fingerprint density at radius 1 is 1.30 bits per heavy atom. The van der Waals surface area contributed by atoms with E-state index >= 15 is 0 Å².